The average molecular weight is 226 g/mol. The number of phenols is 1. The molecular formula is C14H10O3. The highest BCUT2D eigenvalue weighted by Crippen LogP contribution is 2.23. The third-order valence-corrected chi connectivity index (χ3v) is 2.47. The van der Waals surface area contributed by atoms with E-state index >= 15 is 0 Å². The molecule has 17 heavy (non-hydrogen) atoms. The Morgan fingerprint density at radius 1 is 1.00 bits per heavy atom. The molecule has 0 saturated heterocycles. The minimum atomic E-state index is -0.299. The number of carbonyl (C=O) groups is 2. The zero-order chi connectivity index (χ0) is 12.3. The van der Waals surface area contributed by atoms with Gasteiger partial charge in [0.15, 0.2) is 12.1 Å². The first-order chi connectivity index (χ1) is 8.24. The van der Waals surface area contributed by atoms with E-state index in [1.54, 1.807) is 36.4 Å². The molecular weight excluding hydrogens is 216 g/mol. The maximum absolute atomic E-state index is 12.1. The van der Waals surface area contributed by atoms with Crippen molar-refractivity contribution in [2.75, 3.05) is 0 Å². The van der Waals surface area contributed by atoms with Gasteiger partial charge < -0.3 is 5.11 Å². The number of aldehydes is 1. The Hall–Kier alpha value is -2.42. The number of phenolic OH excluding ortho intramolecular Hbond substituents is 1. The number of benzene rings is 2. The molecule has 0 bridgehead atoms. The average Bonchev–Trinajstić information content (AvgIpc) is 2.39. The quantitative estimate of drug-likeness (QED) is 0.646. The maximum Gasteiger partial charge on any atom is 0.196 e. The summed E-state index contributed by atoms with van der Waals surface area (Å²) >= 11 is 0. The third-order valence-electron chi connectivity index (χ3n) is 2.47. The molecule has 3 nitrogen and oxygen atoms in total. The summed E-state index contributed by atoms with van der Waals surface area (Å²) in [6, 6.07) is 13.1. The summed E-state index contributed by atoms with van der Waals surface area (Å²) in [6.07, 6.45) is 0.525. The topological polar surface area (TPSA) is 54.4 Å². The monoisotopic (exact) mass is 226 g/mol. The van der Waals surface area contributed by atoms with E-state index in [1.807, 2.05) is 0 Å². The van der Waals surface area contributed by atoms with Crippen LogP contribution < -0.4 is 0 Å². The van der Waals surface area contributed by atoms with Gasteiger partial charge in [-0.2, -0.15) is 0 Å². The molecule has 3 heteroatoms. The van der Waals surface area contributed by atoms with E-state index in [4.69, 9.17) is 0 Å². The van der Waals surface area contributed by atoms with Crippen molar-refractivity contribution in [2.45, 2.75) is 0 Å². The Balaban J connectivity index is 2.48. The first kappa shape index (κ1) is 11.1. The summed E-state index contributed by atoms with van der Waals surface area (Å²) in [5.41, 5.74) is 0.735. The predicted molar refractivity (Wildman–Crippen MR) is 63.4 cm³/mol. The zero-order valence-corrected chi connectivity index (χ0v) is 8.96. The van der Waals surface area contributed by atoms with E-state index in [0.717, 1.165) is 0 Å². The van der Waals surface area contributed by atoms with Crippen LogP contribution in [0, 0.1) is 0 Å². The van der Waals surface area contributed by atoms with Crippen molar-refractivity contribution >= 4 is 12.1 Å². The van der Waals surface area contributed by atoms with Gasteiger partial charge in [0.25, 0.3) is 0 Å². The van der Waals surface area contributed by atoms with E-state index in [2.05, 4.69) is 0 Å². The molecule has 0 aliphatic carbocycles. The summed E-state index contributed by atoms with van der Waals surface area (Å²) < 4.78 is 0. The van der Waals surface area contributed by atoms with E-state index < -0.39 is 0 Å². The predicted octanol–water partition coefficient (Wildman–Crippen LogP) is 2.44. The number of rotatable bonds is 3. The van der Waals surface area contributed by atoms with Crippen LogP contribution in [0.5, 0.6) is 5.75 Å². The van der Waals surface area contributed by atoms with Crippen LogP contribution in [0.1, 0.15) is 26.3 Å². The van der Waals surface area contributed by atoms with Gasteiger partial charge in [0.1, 0.15) is 5.75 Å². The Morgan fingerprint density at radius 2 is 1.71 bits per heavy atom. The van der Waals surface area contributed by atoms with Crippen molar-refractivity contribution in [2.24, 2.45) is 0 Å². The summed E-state index contributed by atoms with van der Waals surface area (Å²) in [5, 5.41) is 9.77. The minimum absolute atomic E-state index is 0.117. The van der Waals surface area contributed by atoms with Crippen LogP contribution in [0.2, 0.25) is 0 Å². The van der Waals surface area contributed by atoms with Crippen molar-refractivity contribution in [3.63, 3.8) is 0 Å². The molecule has 0 heterocycles. The standard InChI is InChI=1S/C14H10O3/c15-9-11-7-4-8-12(14(11)17)13(16)10-5-2-1-3-6-10/h1-9,17H. The van der Waals surface area contributed by atoms with Gasteiger partial charge in [0.05, 0.1) is 11.1 Å². The summed E-state index contributed by atoms with van der Waals surface area (Å²) in [7, 11) is 0. The number of hydrogen-bond donors (Lipinski definition) is 1. The fraction of sp³-hybridized carbons (Fsp3) is 0. The lowest BCUT2D eigenvalue weighted by molar-refractivity contribution is 0.103. The second kappa shape index (κ2) is 4.61. The maximum atomic E-state index is 12.1. The molecule has 1 N–H and O–H groups in total. The molecule has 0 radical (unpaired) electrons. The summed E-state index contributed by atoms with van der Waals surface area (Å²) in [5.74, 6) is -0.567. The Bertz CT molecular complexity index is 559. The molecule has 0 aromatic heterocycles. The lowest BCUT2D eigenvalue weighted by Gasteiger charge is -2.05. The number of carbonyl (C=O) groups excluding carboxylic acids is 2. The van der Waals surface area contributed by atoms with Crippen LogP contribution >= 0.6 is 0 Å². The normalized spacial score (nSPS) is 9.88. The van der Waals surface area contributed by atoms with Crippen LogP contribution in [-0.2, 0) is 0 Å². The second-order valence-corrected chi connectivity index (χ2v) is 3.56. The molecule has 0 atom stereocenters. The van der Waals surface area contributed by atoms with Gasteiger partial charge in [-0.15, -0.1) is 0 Å². The smallest absolute Gasteiger partial charge is 0.196 e. The van der Waals surface area contributed by atoms with Gasteiger partial charge in [-0.3, -0.25) is 9.59 Å². The van der Waals surface area contributed by atoms with Crippen molar-refractivity contribution in [3.8, 4) is 5.75 Å². The Kier molecular flexibility index (Phi) is 3.01. The molecule has 0 fully saturated rings. The largest absolute Gasteiger partial charge is 0.506 e. The molecule has 2 rings (SSSR count). The minimum Gasteiger partial charge on any atom is -0.506 e. The highest BCUT2D eigenvalue weighted by atomic mass is 16.3. The van der Waals surface area contributed by atoms with Crippen molar-refractivity contribution in [1.29, 1.82) is 0 Å². The van der Waals surface area contributed by atoms with E-state index in [-0.39, 0.29) is 22.7 Å². The first-order valence-corrected chi connectivity index (χ1v) is 5.11. The van der Waals surface area contributed by atoms with E-state index in [0.29, 0.717) is 11.8 Å². The van der Waals surface area contributed by atoms with Crippen LogP contribution in [0.25, 0.3) is 0 Å². The van der Waals surface area contributed by atoms with Gasteiger partial charge >= 0.3 is 0 Å². The number of ketones is 1. The SMILES string of the molecule is O=Cc1cccc(C(=O)c2ccccc2)c1O. The van der Waals surface area contributed by atoms with Crippen LogP contribution in [0.4, 0.5) is 0 Å². The lowest BCUT2D eigenvalue weighted by atomic mass is 10.0. The van der Waals surface area contributed by atoms with Crippen LogP contribution in [0.15, 0.2) is 48.5 Å². The highest BCUT2D eigenvalue weighted by molar-refractivity contribution is 6.11. The third kappa shape index (κ3) is 2.08. The van der Waals surface area contributed by atoms with E-state index in [9.17, 15) is 14.7 Å². The van der Waals surface area contributed by atoms with Gasteiger partial charge in [-0.25, -0.2) is 0 Å². The summed E-state index contributed by atoms with van der Waals surface area (Å²) in [6.45, 7) is 0. The highest BCUT2D eigenvalue weighted by Gasteiger charge is 2.15. The van der Waals surface area contributed by atoms with Gasteiger partial charge in [-0.05, 0) is 12.1 Å². The van der Waals surface area contributed by atoms with Crippen molar-refractivity contribution < 1.29 is 14.7 Å². The second-order valence-electron chi connectivity index (χ2n) is 3.56. The summed E-state index contributed by atoms with van der Waals surface area (Å²) in [4.78, 5) is 22.7. The molecule has 0 amide bonds. The molecule has 2 aromatic rings. The van der Waals surface area contributed by atoms with Crippen LogP contribution in [0.3, 0.4) is 0 Å². The van der Waals surface area contributed by atoms with Crippen LogP contribution in [-0.4, -0.2) is 17.2 Å². The van der Waals surface area contributed by atoms with Gasteiger partial charge in [0, 0.05) is 5.56 Å². The molecule has 0 unspecified atom stereocenters. The van der Waals surface area contributed by atoms with E-state index in [1.165, 1.54) is 12.1 Å². The molecule has 0 aliphatic heterocycles. The van der Waals surface area contributed by atoms with Gasteiger partial charge in [-0.1, -0.05) is 36.4 Å². The zero-order valence-electron chi connectivity index (χ0n) is 8.96. The number of aromatic hydroxyl groups is 1. The molecule has 84 valence electrons. The molecule has 0 saturated carbocycles. The van der Waals surface area contributed by atoms with Crippen molar-refractivity contribution in [1.82, 2.24) is 0 Å². The fourth-order valence-corrected chi connectivity index (χ4v) is 1.58. The Morgan fingerprint density at radius 3 is 2.35 bits per heavy atom. The number of hydrogen-bond acceptors (Lipinski definition) is 3. The fourth-order valence-electron chi connectivity index (χ4n) is 1.58. The molecule has 0 spiro atoms. The first-order valence-electron chi connectivity index (χ1n) is 5.11. The molecule has 0 aliphatic rings. The Labute approximate surface area is 98.3 Å². The molecule has 2 aromatic carbocycles. The van der Waals surface area contributed by atoms with Crippen molar-refractivity contribution in [3.05, 3.63) is 65.2 Å². The number of para-hydroxylation sites is 1. The van der Waals surface area contributed by atoms with Gasteiger partial charge in [0.2, 0.25) is 0 Å². The lowest BCUT2D eigenvalue weighted by Crippen LogP contribution is -2.02.